The first-order valence-corrected chi connectivity index (χ1v) is 11.3. The van der Waals surface area contributed by atoms with Gasteiger partial charge in [0, 0.05) is 16.1 Å². The Morgan fingerprint density at radius 3 is 2.00 bits per heavy atom. The second-order valence-electron chi connectivity index (χ2n) is 6.75. The fourth-order valence-electron chi connectivity index (χ4n) is 2.84. The molecule has 6 nitrogen and oxygen atoms in total. The van der Waals surface area contributed by atoms with Gasteiger partial charge in [0.15, 0.2) is 6.10 Å². The Morgan fingerprint density at radius 2 is 1.42 bits per heavy atom. The average molecular weight is 458 g/mol. The standard InChI is InChI=1S/C23H20ClNO5S/c1-16(25-31(28,29)20-14-12-19(24)13-15-20)23(27)30-22(18-10-6-3-7-11-18)21(26)17-8-4-2-5-9-17/h2-16,22,25H,1H3. The summed E-state index contributed by atoms with van der Waals surface area (Å²) in [6, 6.07) is 21.3. The minimum atomic E-state index is -3.99. The third-order valence-electron chi connectivity index (χ3n) is 4.44. The number of nitrogens with one attached hydrogen (secondary N) is 1. The average Bonchev–Trinajstić information content (AvgIpc) is 2.78. The van der Waals surface area contributed by atoms with Gasteiger partial charge in [0.05, 0.1) is 4.90 Å². The third-order valence-corrected chi connectivity index (χ3v) is 6.25. The summed E-state index contributed by atoms with van der Waals surface area (Å²) < 4.78 is 32.8. The topological polar surface area (TPSA) is 89.5 Å². The Kier molecular flexibility index (Phi) is 7.22. The molecule has 0 spiro atoms. The molecule has 0 bridgehead atoms. The predicted octanol–water partition coefficient (Wildman–Crippen LogP) is 4.17. The molecule has 0 aliphatic rings. The summed E-state index contributed by atoms with van der Waals surface area (Å²) in [5, 5.41) is 0.386. The fraction of sp³-hybridized carbons (Fsp3) is 0.130. The highest BCUT2D eigenvalue weighted by molar-refractivity contribution is 7.89. The number of rotatable bonds is 8. The van der Waals surface area contributed by atoms with Crippen LogP contribution in [0.5, 0.6) is 0 Å². The molecule has 3 aromatic carbocycles. The van der Waals surface area contributed by atoms with Gasteiger partial charge in [-0.05, 0) is 31.2 Å². The molecule has 8 heteroatoms. The molecule has 0 aromatic heterocycles. The van der Waals surface area contributed by atoms with E-state index in [2.05, 4.69) is 4.72 Å². The lowest BCUT2D eigenvalue weighted by molar-refractivity contribution is -0.148. The maximum absolute atomic E-state index is 13.0. The number of Topliss-reactive ketones (excluding diaryl/α,β-unsaturated/α-hetero) is 1. The van der Waals surface area contributed by atoms with E-state index in [-0.39, 0.29) is 4.90 Å². The molecule has 0 amide bonds. The zero-order valence-electron chi connectivity index (χ0n) is 16.6. The van der Waals surface area contributed by atoms with Crippen molar-refractivity contribution < 1.29 is 22.7 Å². The SMILES string of the molecule is CC(NS(=O)(=O)c1ccc(Cl)cc1)C(=O)OC(C(=O)c1ccccc1)c1ccccc1. The molecule has 0 saturated heterocycles. The summed E-state index contributed by atoms with van der Waals surface area (Å²) >= 11 is 5.79. The Bertz CT molecular complexity index is 1150. The summed E-state index contributed by atoms with van der Waals surface area (Å²) in [5.74, 6) is -1.29. The van der Waals surface area contributed by atoms with Crippen LogP contribution in [0.25, 0.3) is 0 Å². The number of hydrogen-bond acceptors (Lipinski definition) is 5. The molecule has 0 heterocycles. The van der Waals surface area contributed by atoms with Crippen LogP contribution in [0.1, 0.15) is 28.9 Å². The Balaban J connectivity index is 1.80. The van der Waals surface area contributed by atoms with Crippen LogP contribution in [0, 0.1) is 0 Å². The number of hydrogen-bond donors (Lipinski definition) is 1. The second-order valence-corrected chi connectivity index (χ2v) is 8.91. The van der Waals surface area contributed by atoms with Crippen LogP contribution in [0.4, 0.5) is 0 Å². The molecule has 0 aliphatic carbocycles. The van der Waals surface area contributed by atoms with Crippen molar-refractivity contribution in [2.75, 3.05) is 0 Å². The highest BCUT2D eigenvalue weighted by atomic mass is 35.5. The molecular weight excluding hydrogens is 438 g/mol. The van der Waals surface area contributed by atoms with Crippen LogP contribution < -0.4 is 4.72 Å². The van der Waals surface area contributed by atoms with Crippen LogP contribution in [-0.4, -0.2) is 26.2 Å². The van der Waals surface area contributed by atoms with Gasteiger partial charge >= 0.3 is 5.97 Å². The fourth-order valence-corrected chi connectivity index (χ4v) is 4.15. The zero-order valence-corrected chi connectivity index (χ0v) is 18.1. The van der Waals surface area contributed by atoms with E-state index in [1.165, 1.54) is 31.2 Å². The summed E-state index contributed by atoms with van der Waals surface area (Å²) in [4.78, 5) is 25.7. The summed E-state index contributed by atoms with van der Waals surface area (Å²) in [6.07, 6.45) is -1.21. The first-order valence-electron chi connectivity index (χ1n) is 9.40. The predicted molar refractivity (Wildman–Crippen MR) is 117 cm³/mol. The molecule has 0 aliphatic heterocycles. The Morgan fingerprint density at radius 1 is 0.871 bits per heavy atom. The number of esters is 1. The molecule has 31 heavy (non-hydrogen) atoms. The maximum Gasteiger partial charge on any atom is 0.324 e. The first-order chi connectivity index (χ1) is 14.8. The lowest BCUT2D eigenvalue weighted by atomic mass is 10.00. The second kappa shape index (κ2) is 9.87. The summed E-state index contributed by atoms with van der Waals surface area (Å²) in [6.45, 7) is 1.35. The van der Waals surface area contributed by atoms with Crippen molar-refractivity contribution in [3.8, 4) is 0 Å². The van der Waals surface area contributed by atoms with E-state index in [0.29, 0.717) is 16.1 Å². The minimum absolute atomic E-state index is 0.0449. The minimum Gasteiger partial charge on any atom is -0.448 e. The van der Waals surface area contributed by atoms with Crippen LogP contribution >= 0.6 is 11.6 Å². The van der Waals surface area contributed by atoms with Gasteiger partial charge in [-0.2, -0.15) is 4.72 Å². The van der Waals surface area contributed by atoms with E-state index in [9.17, 15) is 18.0 Å². The van der Waals surface area contributed by atoms with Crippen LogP contribution in [0.2, 0.25) is 5.02 Å². The third kappa shape index (κ3) is 5.79. The van der Waals surface area contributed by atoms with Gasteiger partial charge in [0.1, 0.15) is 6.04 Å². The highest BCUT2D eigenvalue weighted by Crippen LogP contribution is 2.23. The van der Waals surface area contributed by atoms with Crippen molar-refractivity contribution in [2.45, 2.75) is 24.0 Å². The van der Waals surface area contributed by atoms with Crippen molar-refractivity contribution in [1.82, 2.24) is 4.72 Å². The van der Waals surface area contributed by atoms with Crippen molar-refractivity contribution in [3.05, 3.63) is 101 Å². The summed E-state index contributed by atoms with van der Waals surface area (Å²) in [7, 11) is -3.99. The Labute approximate surface area is 185 Å². The molecule has 3 aromatic rings. The van der Waals surface area contributed by atoms with Gasteiger partial charge < -0.3 is 4.74 Å². The number of carbonyl (C=O) groups excluding carboxylic acids is 2. The van der Waals surface area contributed by atoms with Gasteiger partial charge in [-0.15, -0.1) is 0 Å². The van der Waals surface area contributed by atoms with Crippen molar-refractivity contribution >= 4 is 33.4 Å². The van der Waals surface area contributed by atoms with E-state index in [1.54, 1.807) is 60.7 Å². The molecule has 0 saturated carbocycles. The van der Waals surface area contributed by atoms with E-state index in [0.717, 1.165) is 0 Å². The number of sulfonamides is 1. The quantitative estimate of drug-likeness (QED) is 0.405. The number of carbonyl (C=O) groups is 2. The van der Waals surface area contributed by atoms with Crippen LogP contribution in [0.15, 0.2) is 89.8 Å². The zero-order chi connectivity index (χ0) is 22.4. The Hall–Kier alpha value is -3.00. The maximum atomic E-state index is 13.0. The molecule has 2 unspecified atom stereocenters. The van der Waals surface area contributed by atoms with Crippen LogP contribution in [-0.2, 0) is 19.6 Å². The number of benzene rings is 3. The van der Waals surface area contributed by atoms with E-state index in [4.69, 9.17) is 16.3 Å². The number of ether oxygens (including phenoxy) is 1. The number of ketones is 1. The highest BCUT2D eigenvalue weighted by Gasteiger charge is 2.30. The van der Waals surface area contributed by atoms with Gasteiger partial charge in [-0.25, -0.2) is 8.42 Å². The summed E-state index contributed by atoms with van der Waals surface area (Å²) in [5.41, 5.74) is 0.857. The van der Waals surface area contributed by atoms with Crippen molar-refractivity contribution in [2.24, 2.45) is 0 Å². The van der Waals surface area contributed by atoms with Crippen molar-refractivity contribution in [1.29, 1.82) is 0 Å². The molecule has 3 rings (SSSR count). The van der Waals surface area contributed by atoms with Gasteiger partial charge in [-0.1, -0.05) is 72.3 Å². The number of halogens is 1. The van der Waals surface area contributed by atoms with E-state index < -0.39 is 33.9 Å². The molecule has 160 valence electrons. The molecular formula is C23H20ClNO5S. The first kappa shape index (κ1) is 22.7. The van der Waals surface area contributed by atoms with Crippen molar-refractivity contribution in [3.63, 3.8) is 0 Å². The van der Waals surface area contributed by atoms with Gasteiger partial charge in [-0.3, -0.25) is 9.59 Å². The molecule has 1 N–H and O–H groups in total. The smallest absolute Gasteiger partial charge is 0.324 e. The largest absolute Gasteiger partial charge is 0.448 e. The lowest BCUT2D eigenvalue weighted by Gasteiger charge is -2.20. The molecule has 0 radical (unpaired) electrons. The van der Waals surface area contributed by atoms with Gasteiger partial charge in [0.2, 0.25) is 15.8 Å². The van der Waals surface area contributed by atoms with Gasteiger partial charge in [0.25, 0.3) is 0 Å². The monoisotopic (exact) mass is 457 g/mol. The lowest BCUT2D eigenvalue weighted by Crippen LogP contribution is -2.40. The van der Waals surface area contributed by atoms with E-state index >= 15 is 0 Å². The molecule has 2 atom stereocenters. The van der Waals surface area contributed by atoms with Crippen LogP contribution in [0.3, 0.4) is 0 Å². The molecule has 0 fully saturated rings. The normalized spacial score (nSPS) is 13.2. The van der Waals surface area contributed by atoms with E-state index in [1.807, 2.05) is 0 Å².